The number of ether oxygens (including phenoxy) is 3. The zero-order chi connectivity index (χ0) is 23.1. The predicted molar refractivity (Wildman–Crippen MR) is 122 cm³/mol. The summed E-state index contributed by atoms with van der Waals surface area (Å²) in [5.41, 5.74) is 2.11. The molecule has 0 bridgehead atoms. The first-order valence-corrected chi connectivity index (χ1v) is 11.2. The van der Waals surface area contributed by atoms with E-state index in [4.69, 9.17) is 19.2 Å². The first kappa shape index (κ1) is 21.8. The van der Waals surface area contributed by atoms with Crippen LogP contribution in [0.5, 0.6) is 5.88 Å². The van der Waals surface area contributed by atoms with Crippen LogP contribution in [0.1, 0.15) is 29.0 Å². The van der Waals surface area contributed by atoms with Gasteiger partial charge in [-0.05, 0) is 41.1 Å². The molecule has 11 heteroatoms. The third-order valence-electron chi connectivity index (χ3n) is 5.71. The number of fused-ring (bicyclic) bond motifs is 4. The summed E-state index contributed by atoms with van der Waals surface area (Å²) in [6.45, 7) is 4.13. The van der Waals surface area contributed by atoms with Gasteiger partial charge >= 0.3 is 5.97 Å². The highest BCUT2D eigenvalue weighted by Gasteiger charge is 2.33. The smallest absolute Gasteiger partial charge is 0.358 e. The number of carbonyl (C=O) groups excluding carboxylic acids is 1. The van der Waals surface area contributed by atoms with E-state index in [2.05, 4.69) is 36.1 Å². The minimum atomic E-state index is -0.584. The lowest BCUT2D eigenvalue weighted by Gasteiger charge is -2.39. The van der Waals surface area contributed by atoms with Crippen LogP contribution >= 0.6 is 15.9 Å². The third kappa shape index (κ3) is 4.06. The van der Waals surface area contributed by atoms with Crippen LogP contribution < -0.4 is 15.0 Å². The van der Waals surface area contributed by atoms with Gasteiger partial charge in [-0.2, -0.15) is 0 Å². The monoisotopic (exact) mass is 517 g/mol. The van der Waals surface area contributed by atoms with E-state index in [0.717, 1.165) is 0 Å². The Morgan fingerprint density at radius 2 is 2.15 bits per heavy atom. The molecule has 2 aromatic heterocycles. The molecule has 33 heavy (non-hydrogen) atoms. The number of carbonyl (C=O) groups is 1. The maximum absolute atomic E-state index is 14.6. The molecule has 1 fully saturated rings. The van der Waals surface area contributed by atoms with E-state index >= 15 is 0 Å². The summed E-state index contributed by atoms with van der Waals surface area (Å²) in [5, 5.41) is 3.24. The van der Waals surface area contributed by atoms with E-state index in [1.165, 1.54) is 19.2 Å². The van der Waals surface area contributed by atoms with Crippen LogP contribution in [-0.4, -0.2) is 60.4 Å². The number of methoxy groups -OCH3 is 1. The SMILES string of the molecule is COC(=O)c1nc(Br)ccc1N[C@H](C)c1cc(F)cc2nc3c(nc12)N1CCOC[C@H]1CO3. The Morgan fingerprint density at radius 3 is 2.97 bits per heavy atom. The Bertz CT molecular complexity index is 1240. The summed E-state index contributed by atoms with van der Waals surface area (Å²) >= 11 is 3.27. The number of esters is 1. The van der Waals surface area contributed by atoms with Gasteiger partial charge in [-0.15, -0.1) is 0 Å². The molecule has 5 rings (SSSR count). The van der Waals surface area contributed by atoms with Gasteiger partial charge in [0.1, 0.15) is 17.0 Å². The summed E-state index contributed by atoms with van der Waals surface area (Å²) in [4.78, 5) is 28.0. The lowest BCUT2D eigenvalue weighted by atomic mass is 10.0. The summed E-state index contributed by atoms with van der Waals surface area (Å²) < 4.78 is 31.3. The summed E-state index contributed by atoms with van der Waals surface area (Å²) in [6, 6.07) is 5.82. The van der Waals surface area contributed by atoms with E-state index in [1.54, 1.807) is 12.1 Å². The quantitative estimate of drug-likeness (QED) is 0.411. The molecule has 1 N–H and O–H groups in total. The Balaban J connectivity index is 1.56. The van der Waals surface area contributed by atoms with Crippen LogP contribution in [0.3, 0.4) is 0 Å². The van der Waals surface area contributed by atoms with Crippen molar-refractivity contribution in [2.24, 2.45) is 0 Å². The second kappa shape index (κ2) is 8.71. The van der Waals surface area contributed by atoms with Crippen molar-refractivity contribution in [3.63, 3.8) is 0 Å². The highest BCUT2D eigenvalue weighted by Crippen LogP contribution is 2.36. The van der Waals surface area contributed by atoms with Crippen molar-refractivity contribution in [1.82, 2.24) is 15.0 Å². The third-order valence-corrected chi connectivity index (χ3v) is 6.15. The topological polar surface area (TPSA) is 98.7 Å². The maximum atomic E-state index is 14.6. The van der Waals surface area contributed by atoms with Gasteiger partial charge < -0.3 is 24.4 Å². The highest BCUT2D eigenvalue weighted by atomic mass is 79.9. The zero-order valence-corrected chi connectivity index (χ0v) is 19.6. The van der Waals surface area contributed by atoms with Gasteiger partial charge in [0.15, 0.2) is 11.5 Å². The van der Waals surface area contributed by atoms with Crippen molar-refractivity contribution >= 4 is 44.4 Å². The van der Waals surface area contributed by atoms with Crippen LogP contribution in [0.25, 0.3) is 11.0 Å². The van der Waals surface area contributed by atoms with Gasteiger partial charge in [-0.25, -0.2) is 24.1 Å². The number of hydrogen-bond acceptors (Lipinski definition) is 9. The number of rotatable bonds is 4. The second-order valence-electron chi connectivity index (χ2n) is 7.84. The largest absolute Gasteiger partial charge is 0.473 e. The van der Waals surface area contributed by atoms with Gasteiger partial charge in [0.25, 0.3) is 5.88 Å². The van der Waals surface area contributed by atoms with E-state index < -0.39 is 17.8 Å². The molecule has 1 saturated heterocycles. The van der Waals surface area contributed by atoms with Gasteiger partial charge in [0.2, 0.25) is 0 Å². The van der Waals surface area contributed by atoms with Crippen molar-refractivity contribution in [1.29, 1.82) is 0 Å². The highest BCUT2D eigenvalue weighted by molar-refractivity contribution is 9.10. The molecule has 0 aliphatic carbocycles. The summed E-state index contributed by atoms with van der Waals surface area (Å²) in [5.74, 6) is -0.00684. The van der Waals surface area contributed by atoms with Gasteiger partial charge in [0.05, 0.1) is 49.1 Å². The van der Waals surface area contributed by atoms with Crippen LogP contribution in [0.4, 0.5) is 15.9 Å². The number of benzene rings is 1. The molecule has 4 heterocycles. The summed E-state index contributed by atoms with van der Waals surface area (Å²) in [7, 11) is 1.29. The van der Waals surface area contributed by atoms with Crippen LogP contribution in [0.2, 0.25) is 0 Å². The lowest BCUT2D eigenvalue weighted by Crippen LogP contribution is -2.51. The van der Waals surface area contributed by atoms with Crippen LogP contribution in [0, 0.1) is 5.82 Å². The second-order valence-corrected chi connectivity index (χ2v) is 8.65. The molecule has 2 aliphatic heterocycles. The number of nitrogens with zero attached hydrogens (tertiary/aromatic N) is 4. The van der Waals surface area contributed by atoms with Crippen molar-refractivity contribution in [2.45, 2.75) is 19.0 Å². The minimum absolute atomic E-state index is 0.0638. The lowest BCUT2D eigenvalue weighted by molar-refractivity contribution is 0.0595. The van der Waals surface area contributed by atoms with Gasteiger partial charge in [-0.3, -0.25) is 0 Å². The Kier molecular flexibility index (Phi) is 5.75. The van der Waals surface area contributed by atoms with Gasteiger partial charge in [-0.1, -0.05) is 0 Å². The first-order valence-electron chi connectivity index (χ1n) is 10.4. The van der Waals surface area contributed by atoms with Crippen LogP contribution in [-0.2, 0) is 9.47 Å². The normalized spacial score (nSPS) is 18.2. The fourth-order valence-corrected chi connectivity index (χ4v) is 4.41. The van der Waals surface area contributed by atoms with Gasteiger partial charge in [0, 0.05) is 18.2 Å². The van der Waals surface area contributed by atoms with E-state index in [-0.39, 0.29) is 11.7 Å². The molecule has 0 saturated carbocycles. The van der Waals surface area contributed by atoms with E-state index in [9.17, 15) is 9.18 Å². The number of anilines is 2. The number of aromatic nitrogens is 3. The average Bonchev–Trinajstić information content (AvgIpc) is 2.82. The molecule has 3 aromatic rings. The standard InChI is InChI=1S/C22H21BrFN5O4/c1-11(25-15-3-4-17(23)27-19(15)22(30)31-2)14-7-12(24)8-16-18(14)28-20-21(26-16)33-10-13-9-32-6-5-29(13)20/h3-4,7-8,11,13,25H,5-6,9-10H2,1-2H3/t11-,13+/m1/s1. The molecule has 0 radical (unpaired) electrons. The summed E-state index contributed by atoms with van der Waals surface area (Å²) in [6.07, 6.45) is 0. The number of morpholine rings is 1. The molecular weight excluding hydrogens is 497 g/mol. The van der Waals surface area contributed by atoms with Crippen molar-refractivity contribution in [3.8, 4) is 5.88 Å². The number of nitrogens with one attached hydrogen (secondary N) is 1. The number of pyridine rings is 1. The molecule has 0 unspecified atom stereocenters. The fourth-order valence-electron chi connectivity index (χ4n) is 4.10. The maximum Gasteiger partial charge on any atom is 0.358 e. The zero-order valence-electron chi connectivity index (χ0n) is 18.0. The minimum Gasteiger partial charge on any atom is -0.473 e. The van der Waals surface area contributed by atoms with Crippen LogP contribution in [0.15, 0.2) is 28.9 Å². The molecule has 9 nitrogen and oxygen atoms in total. The first-order chi connectivity index (χ1) is 15.9. The molecule has 172 valence electrons. The number of hydrogen-bond donors (Lipinski definition) is 1. The molecule has 0 spiro atoms. The Labute approximate surface area is 197 Å². The fraction of sp³-hybridized carbons (Fsp3) is 0.364. The Morgan fingerprint density at radius 1 is 1.30 bits per heavy atom. The average molecular weight is 518 g/mol. The molecule has 1 aromatic carbocycles. The van der Waals surface area contributed by atoms with Crippen molar-refractivity contribution < 1.29 is 23.4 Å². The molecule has 0 amide bonds. The van der Waals surface area contributed by atoms with E-state index in [1.807, 2.05) is 6.92 Å². The molecular formula is C22H21BrFN5O4. The number of halogens is 2. The predicted octanol–water partition coefficient (Wildman–Crippen LogP) is 3.48. The van der Waals surface area contributed by atoms with Crippen molar-refractivity contribution in [3.05, 3.63) is 45.9 Å². The molecule has 2 atom stereocenters. The van der Waals surface area contributed by atoms with E-state index in [0.29, 0.717) is 65.0 Å². The van der Waals surface area contributed by atoms with Crippen molar-refractivity contribution in [2.75, 3.05) is 43.7 Å². The molecule has 2 aliphatic rings. The Hall–Kier alpha value is -3.05.